The van der Waals surface area contributed by atoms with Crippen molar-refractivity contribution in [3.8, 4) is 34.1 Å². The van der Waals surface area contributed by atoms with E-state index in [4.69, 9.17) is 14.5 Å². The highest BCUT2D eigenvalue weighted by Crippen LogP contribution is 2.48. The molecule has 2 saturated carbocycles. The van der Waals surface area contributed by atoms with Crippen molar-refractivity contribution in [1.82, 2.24) is 29.8 Å². The molecule has 7 rings (SSSR count). The lowest BCUT2D eigenvalue weighted by Crippen LogP contribution is -2.66. The number of hydrogen-bond acceptors (Lipinski definition) is 10. The molecule has 2 aliphatic heterocycles. The van der Waals surface area contributed by atoms with Crippen molar-refractivity contribution in [2.24, 2.45) is 17.8 Å². The molecule has 3 N–H and O–H groups in total. The van der Waals surface area contributed by atoms with E-state index < -0.39 is 85.9 Å². The molecule has 4 heterocycles. The van der Waals surface area contributed by atoms with Crippen LogP contribution in [-0.2, 0) is 24.4 Å². The van der Waals surface area contributed by atoms with Crippen LogP contribution in [0.5, 0.6) is 11.5 Å². The van der Waals surface area contributed by atoms with Gasteiger partial charge in [-0.15, -0.1) is 0 Å². The number of carboxylic acid groups (broad SMARTS) is 1. The van der Waals surface area contributed by atoms with Gasteiger partial charge in [0.25, 0.3) is 5.91 Å². The lowest BCUT2D eigenvalue weighted by atomic mass is 9.85. The van der Waals surface area contributed by atoms with E-state index in [-0.39, 0.29) is 48.5 Å². The maximum atomic E-state index is 15.2. The van der Waals surface area contributed by atoms with Gasteiger partial charge in [-0.1, -0.05) is 32.1 Å². The van der Waals surface area contributed by atoms with Crippen LogP contribution in [0.1, 0.15) is 93.4 Å². The number of nitrogens with zero attached hydrogens (tertiary/aromatic N) is 4. The molecule has 15 nitrogen and oxygen atoms in total. The number of carbonyl (C=O) groups is 4. The summed E-state index contributed by atoms with van der Waals surface area (Å²) in [5.41, 5.74) is -2.71. The van der Waals surface area contributed by atoms with Crippen molar-refractivity contribution in [3.05, 3.63) is 72.9 Å². The van der Waals surface area contributed by atoms with Gasteiger partial charge in [0.1, 0.15) is 40.8 Å². The highest BCUT2D eigenvalue weighted by atomic mass is 32.2. The Balaban J connectivity index is 1.30. The molecular weight excluding hydrogens is 894 g/mol. The Kier molecular flexibility index (Phi) is 13.5. The number of sulfonamides is 1. The van der Waals surface area contributed by atoms with Gasteiger partial charge in [0.2, 0.25) is 21.8 Å². The molecule has 7 atom stereocenters. The van der Waals surface area contributed by atoms with Crippen LogP contribution in [0.3, 0.4) is 0 Å². The van der Waals surface area contributed by atoms with Gasteiger partial charge >= 0.3 is 12.3 Å². The number of nitrogens with one attached hydrogen (secondary N) is 2. The lowest BCUT2D eigenvalue weighted by Gasteiger charge is -2.45. The SMILES string of the molecule is CC(C)Oc1ccc(-c2cc(O[C@@H]3C[C@H]4C(=O)N[C@]5(C(=O)NS(=O)(=O)C6(C)CC6)C[C@H]5C=CCC[C@H](C)C[C@@H](C)[C@H](N(C(=O)O)C(C)(C)C(F)(F)F)C(=O)N4C3)cc(-c3ccccn3)n2)cc1. The van der Waals surface area contributed by atoms with E-state index in [1.165, 1.54) is 13.8 Å². The summed E-state index contributed by atoms with van der Waals surface area (Å²) < 4.78 is 84.7. The molecule has 67 heavy (non-hydrogen) atoms. The maximum Gasteiger partial charge on any atom is 0.411 e. The summed E-state index contributed by atoms with van der Waals surface area (Å²) in [6, 6.07) is 12.4. The van der Waals surface area contributed by atoms with E-state index in [0.717, 1.165) is 4.90 Å². The van der Waals surface area contributed by atoms with E-state index in [0.29, 0.717) is 67.9 Å². The first-order chi connectivity index (χ1) is 31.4. The average molecular weight is 953 g/mol. The van der Waals surface area contributed by atoms with Crippen molar-refractivity contribution in [2.45, 2.75) is 140 Å². The minimum atomic E-state index is -5.11. The Morgan fingerprint density at radius 3 is 2.30 bits per heavy atom. The zero-order valence-corrected chi connectivity index (χ0v) is 39.5. The first kappa shape index (κ1) is 49.2. The number of allylic oxidation sites excluding steroid dienone is 1. The Hall–Kier alpha value is -5.72. The van der Waals surface area contributed by atoms with E-state index in [9.17, 15) is 41.1 Å². The first-order valence-electron chi connectivity index (χ1n) is 22.7. The normalized spacial score (nSPS) is 26.6. The molecule has 4 amide bonds. The van der Waals surface area contributed by atoms with Gasteiger partial charge in [-0.2, -0.15) is 13.2 Å². The smallest absolute Gasteiger partial charge is 0.411 e. The van der Waals surface area contributed by atoms with Gasteiger partial charge in [-0.3, -0.25) is 29.0 Å². The van der Waals surface area contributed by atoms with Crippen LogP contribution in [0, 0.1) is 17.8 Å². The summed E-state index contributed by atoms with van der Waals surface area (Å²) in [7, 11) is -4.15. The number of alkyl halides is 3. The third kappa shape index (κ3) is 10.3. The Bertz CT molecular complexity index is 2500. The van der Waals surface area contributed by atoms with Gasteiger partial charge in [0, 0.05) is 36.2 Å². The number of ether oxygens (including phenoxy) is 2. The van der Waals surface area contributed by atoms with E-state index in [2.05, 4.69) is 15.0 Å². The molecule has 362 valence electrons. The van der Waals surface area contributed by atoms with E-state index in [1.807, 2.05) is 39.0 Å². The van der Waals surface area contributed by atoms with Crippen LogP contribution >= 0.6 is 0 Å². The van der Waals surface area contributed by atoms with Gasteiger partial charge in [0.15, 0.2) is 0 Å². The largest absolute Gasteiger partial charge is 0.491 e. The number of benzene rings is 1. The maximum absolute atomic E-state index is 15.2. The summed E-state index contributed by atoms with van der Waals surface area (Å²) in [6.07, 6.45) is -1.42. The van der Waals surface area contributed by atoms with Crippen molar-refractivity contribution >= 4 is 33.8 Å². The molecule has 3 aromatic rings. The number of pyridine rings is 2. The molecular formula is C48H59F3N6O9S. The molecule has 0 bridgehead atoms. The zero-order valence-electron chi connectivity index (χ0n) is 38.7. The van der Waals surface area contributed by atoms with Crippen molar-refractivity contribution in [3.63, 3.8) is 0 Å². The molecule has 0 spiro atoms. The molecule has 0 unspecified atom stereocenters. The lowest BCUT2D eigenvalue weighted by molar-refractivity contribution is -0.222. The fourth-order valence-electron chi connectivity index (χ4n) is 9.12. The summed E-state index contributed by atoms with van der Waals surface area (Å²) >= 11 is 0. The third-order valence-electron chi connectivity index (χ3n) is 13.5. The van der Waals surface area contributed by atoms with Gasteiger partial charge in [-0.25, -0.2) is 18.2 Å². The molecule has 1 saturated heterocycles. The highest BCUT2D eigenvalue weighted by Gasteiger charge is 2.64. The van der Waals surface area contributed by atoms with Gasteiger partial charge < -0.3 is 24.8 Å². The molecule has 19 heteroatoms. The predicted molar refractivity (Wildman–Crippen MR) is 242 cm³/mol. The van der Waals surface area contributed by atoms with Crippen LogP contribution in [0.15, 0.2) is 72.9 Å². The summed E-state index contributed by atoms with van der Waals surface area (Å²) in [5.74, 6) is -3.80. The highest BCUT2D eigenvalue weighted by molar-refractivity contribution is 7.91. The van der Waals surface area contributed by atoms with Crippen LogP contribution in [-0.4, -0.2) is 110 Å². The minimum Gasteiger partial charge on any atom is -0.491 e. The molecule has 2 aliphatic carbocycles. The Morgan fingerprint density at radius 2 is 1.69 bits per heavy atom. The quantitative estimate of drug-likeness (QED) is 0.161. The van der Waals surface area contributed by atoms with E-state index >= 15 is 4.79 Å². The number of rotatable bonds is 11. The zero-order chi connectivity index (χ0) is 48.9. The Labute approximate surface area is 388 Å². The number of carbonyl (C=O) groups excluding carboxylic acids is 3. The summed E-state index contributed by atoms with van der Waals surface area (Å²) in [4.78, 5) is 67.8. The van der Waals surface area contributed by atoms with Crippen LogP contribution < -0.4 is 19.5 Å². The second-order valence-electron chi connectivity index (χ2n) is 19.6. The third-order valence-corrected chi connectivity index (χ3v) is 15.7. The number of amides is 4. The fraction of sp³-hybridized carbons (Fsp3) is 0.542. The standard InChI is InChI=1S/C48H59F3N6O9S/c1-28(2)65-33-17-15-31(16-18-33)37-23-34(24-38(53-37)36-14-10-11-21-52-36)66-35-25-39-41(58)54-47(43(60)55-67(63,64)46(7)19-20-46)26-32(47)13-9-8-12-29(3)22-30(4)40(42(59)56(39)27-35)57(44(61)62)45(5,6)48(49,50)51/h9-11,13-18,21,23-24,28-30,32,35,39-40H,8,12,19-20,22,25-27H2,1-7H3,(H,54,58)(H,55,60)(H,61,62)/t29-,30+,32+,35+,39-,40-,47+/m0/s1. The van der Waals surface area contributed by atoms with E-state index in [1.54, 1.807) is 54.7 Å². The number of hydrogen-bond donors (Lipinski definition) is 3. The Morgan fingerprint density at radius 1 is 1.00 bits per heavy atom. The molecule has 3 fully saturated rings. The van der Waals surface area contributed by atoms with Gasteiger partial charge in [-0.05, 0) is 121 Å². The van der Waals surface area contributed by atoms with Crippen LogP contribution in [0.2, 0.25) is 0 Å². The number of halogens is 3. The van der Waals surface area contributed by atoms with Crippen molar-refractivity contribution < 1.29 is 55.3 Å². The second kappa shape index (κ2) is 18.4. The van der Waals surface area contributed by atoms with Gasteiger partial charge in [0.05, 0.1) is 34.5 Å². The van der Waals surface area contributed by atoms with Crippen molar-refractivity contribution in [2.75, 3.05) is 6.54 Å². The number of fused-ring (bicyclic) bond motifs is 2. The van der Waals surface area contributed by atoms with Crippen molar-refractivity contribution in [1.29, 1.82) is 0 Å². The molecule has 0 radical (unpaired) electrons. The molecule has 1 aromatic carbocycles. The predicted octanol–water partition coefficient (Wildman–Crippen LogP) is 7.52. The molecule has 2 aromatic heterocycles. The fourth-order valence-corrected chi connectivity index (χ4v) is 10.4. The van der Waals surface area contributed by atoms with Crippen LogP contribution in [0.4, 0.5) is 18.0 Å². The summed E-state index contributed by atoms with van der Waals surface area (Å²) in [5, 5.41) is 13.4. The minimum absolute atomic E-state index is 0.0380. The molecule has 4 aliphatic rings. The number of aromatic nitrogens is 2. The monoisotopic (exact) mass is 952 g/mol. The second-order valence-corrected chi connectivity index (χ2v) is 21.8. The topological polar surface area (TPSA) is 197 Å². The first-order valence-corrected chi connectivity index (χ1v) is 24.2. The average Bonchev–Trinajstić information content (AvgIpc) is 4.13. The summed E-state index contributed by atoms with van der Waals surface area (Å²) in [6.45, 7) is 9.74. The van der Waals surface area contributed by atoms with Crippen LogP contribution in [0.25, 0.3) is 22.6 Å².